The number of aromatic nitrogens is 2. The van der Waals surface area contributed by atoms with Crippen LogP contribution in [0.1, 0.15) is 5.56 Å². The Bertz CT molecular complexity index is 1610. The van der Waals surface area contributed by atoms with E-state index in [0.717, 1.165) is 28.1 Å². The molecule has 2 heterocycles. The standard InChI is InChI=1S/C30H19N3/c31-20-21-17-18-32-27(19-21)23-15-13-22(14-16-23)24-7-1-4-10-28(24)33-29-11-5-2-8-25(29)26-9-3-6-12-30(26)33/h1-19H. The van der Waals surface area contributed by atoms with Gasteiger partial charge in [0, 0.05) is 28.1 Å². The van der Waals surface area contributed by atoms with Crippen molar-refractivity contribution in [1.29, 1.82) is 5.26 Å². The summed E-state index contributed by atoms with van der Waals surface area (Å²) < 4.78 is 2.35. The molecule has 0 aliphatic heterocycles. The van der Waals surface area contributed by atoms with E-state index in [-0.39, 0.29) is 0 Å². The summed E-state index contributed by atoms with van der Waals surface area (Å²) in [5, 5.41) is 11.7. The molecule has 2 aromatic heterocycles. The number of para-hydroxylation sites is 3. The Morgan fingerprint density at radius 1 is 0.636 bits per heavy atom. The van der Waals surface area contributed by atoms with E-state index in [1.54, 1.807) is 12.3 Å². The molecule has 33 heavy (non-hydrogen) atoms. The van der Waals surface area contributed by atoms with Crippen molar-refractivity contribution in [3.05, 3.63) is 121 Å². The fourth-order valence-electron chi connectivity index (χ4n) is 4.57. The van der Waals surface area contributed by atoms with Crippen LogP contribution >= 0.6 is 0 Å². The normalized spacial score (nSPS) is 11.0. The van der Waals surface area contributed by atoms with Crippen LogP contribution in [0.2, 0.25) is 0 Å². The first kappa shape index (κ1) is 19.0. The summed E-state index contributed by atoms with van der Waals surface area (Å²) in [5.41, 5.74) is 8.23. The van der Waals surface area contributed by atoms with Crippen LogP contribution in [0.15, 0.2) is 115 Å². The molecule has 0 spiro atoms. The molecule has 0 amide bonds. The second kappa shape index (κ2) is 7.78. The quantitative estimate of drug-likeness (QED) is 0.299. The number of hydrogen-bond acceptors (Lipinski definition) is 2. The fraction of sp³-hybridized carbons (Fsp3) is 0. The highest BCUT2D eigenvalue weighted by atomic mass is 15.0. The molecule has 6 aromatic rings. The molecule has 0 fully saturated rings. The molecular formula is C30H19N3. The number of nitriles is 1. The van der Waals surface area contributed by atoms with Crippen LogP contribution in [0.25, 0.3) is 49.9 Å². The summed E-state index contributed by atoms with van der Waals surface area (Å²) >= 11 is 0. The number of pyridine rings is 1. The number of fused-ring (bicyclic) bond motifs is 3. The molecule has 0 aliphatic carbocycles. The van der Waals surface area contributed by atoms with E-state index in [4.69, 9.17) is 0 Å². The SMILES string of the molecule is N#Cc1ccnc(-c2ccc(-c3ccccc3-n3c4ccccc4c4ccccc43)cc2)c1. The number of rotatable bonds is 3. The molecule has 0 saturated carbocycles. The molecular weight excluding hydrogens is 402 g/mol. The summed E-state index contributed by atoms with van der Waals surface area (Å²) in [5.74, 6) is 0. The first-order valence-electron chi connectivity index (χ1n) is 10.9. The lowest BCUT2D eigenvalue weighted by Crippen LogP contribution is -1.97. The van der Waals surface area contributed by atoms with Gasteiger partial charge in [0.1, 0.15) is 0 Å². The van der Waals surface area contributed by atoms with Gasteiger partial charge in [0.25, 0.3) is 0 Å². The number of nitrogens with zero attached hydrogens (tertiary/aromatic N) is 3. The van der Waals surface area contributed by atoms with Crippen molar-refractivity contribution >= 4 is 21.8 Å². The van der Waals surface area contributed by atoms with E-state index >= 15 is 0 Å². The van der Waals surface area contributed by atoms with E-state index < -0.39 is 0 Å². The number of benzene rings is 4. The van der Waals surface area contributed by atoms with Gasteiger partial charge in [-0.3, -0.25) is 4.98 Å². The monoisotopic (exact) mass is 421 g/mol. The van der Waals surface area contributed by atoms with Gasteiger partial charge in [-0.25, -0.2) is 0 Å². The summed E-state index contributed by atoms with van der Waals surface area (Å²) in [4.78, 5) is 4.43. The minimum absolute atomic E-state index is 0.612. The van der Waals surface area contributed by atoms with Gasteiger partial charge in [0.2, 0.25) is 0 Å². The molecule has 0 saturated heterocycles. The third-order valence-corrected chi connectivity index (χ3v) is 6.11. The smallest absolute Gasteiger partial charge is 0.0992 e. The molecule has 0 radical (unpaired) electrons. The van der Waals surface area contributed by atoms with Crippen molar-refractivity contribution in [3.63, 3.8) is 0 Å². The zero-order chi connectivity index (χ0) is 22.2. The molecule has 0 atom stereocenters. The van der Waals surface area contributed by atoms with E-state index in [9.17, 15) is 5.26 Å². The van der Waals surface area contributed by atoms with Crippen molar-refractivity contribution in [1.82, 2.24) is 9.55 Å². The van der Waals surface area contributed by atoms with E-state index in [2.05, 4.69) is 113 Å². The minimum atomic E-state index is 0.612. The highest BCUT2D eigenvalue weighted by molar-refractivity contribution is 6.09. The third kappa shape index (κ3) is 3.17. The van der Waals surface area contributed by atoms with Crippen LogP contribution in [0.4, 0.5) is 0 Å². The van der Waals surface area contributed by atoms with Gasteiger partial charge in [-0.15, -0.1) is 0 Å². The van der Waals surface area contributed by atoms with E-state index in [1.165, 1.54) is 21.8 Å². The summed E-state index contributed by atoms with van der Waals surface area (Å²) in [6.07, 6.45) is 1.68. The third-order valence-electron chi connectivity index (χ3n) is 6.11. The Hall–Kier alpha value is -4.68. The zero-order valence-corrected chi connectivity index (χ0v) is 17.8. The highest BCUT2D eigenvalue weighted by Gasteiger charge is 2.14. The molecule has 6 rings (SSSR count). The molecule has 154 valence electrons. The Morgan fingerprint density at radius 3 is 1.94 bits per heavy atom. The Labute approximate surface area is 191 Å². The summed E-state index contributed by atoms with van der Waals surface area (Å²) in [6.45, 7) is 0. The van der Waals surface area contributed by atoms with Gasteiger partial charge < -0.3 is 4.57 Å². The molecule has 0 aliphatic rings. The molecule has 3 nitrogen and oxygen atoms in total. The minimum Gasteiger partial charge on any atom is -0.309 e. The maximum atomic E-state index is 9.19. The lowest BCUT2D eigenvalue weighted by molar-refractivity contribution is 1.18. The molecule has 3 heteroatoms. The van der Waals surface area contributed by atoms with Gasteiger partial charge in [0.05, 0.1) is 34.0 Å². The fourth-order valence-corrected chi connectivity index (χ4v) is 4.57. The maximum absolute atomic E-state index is 9.19. The largest absolute Gasteiger partial charge is 0.309 e. The van der Waals surface area contributed by atoms with Crippen LogP contribution in [-0.4, -0.2) is 9.55 Å². The summed E-state index contributed by atoms with van der Waals surface area (Å²) in [6, 6.07) is 39.8. The average molecular weight is 422 g/mol. The van der Waals surface area contributed by atoms with Gasteiger partial charge in [-0.2, -0.15) is 5.26 Å². The zero-order valence-electron chi connectivity index (χ0n) is 17.8. The lowest BCUT2D eigenvalue weighted by atomic mass is 10.0. The summed E-state index contributed by atoms with van der Waals surface area (Å²) in [7, 11) is 0. The Balaban J connectivity index is 1.52. The van der Waals surface area contributed by atoms with E-state index in [1.807, 2.05) is 6.07 Å². The van der Waals surface area contributed by atoms with Gasteiger partial charge in [-0.1, -0.05) is 78.9 Å². The molecule has 4 aromatic carbocycles. The molecule has 0 bridgehead atoms. The predicted molar refractivity (Wildman–Crippen MR) is 134 cm³/mol. The van der Waals surface area contributed by atoms with Crippen LogP contribution in [0.5, 0.6) is 0 Å². The highest BCUT2D eigenvalue weighted by Crippen LogP contribution is 2.36. The van der Waals surface area contributed by atoms with Gasteiger partial charge in [0.15, 0.2) is 0 Å². The van der Waals surface area contributed by atoms with Crippen LogP contribution in [0, 0.1) is 11.3 Å². The number of hydrogen-bond donors (Lipinski definition) is 0. The Morgan fingerprint density at radius 2 is 1.24 bits per heavy atom. The predicted octanol–water partition coefficient (Wildman–Crippen LogP) is 7.38. The van der Waals surface area contributed by atoms with Crippen molar-refractivity contribution in [2.24, 2.45) is 0 Å². The van der Waals surface area contributed by atoms with Crippen molar-refractivity contribution < 1.29 is 0 Å². The average Bonchev–Trinajstić information content (AvgIpc) is 3.23. The molecule has 0 N–H and O–H groups in total. The molecule has 0 unspecified atom stereocenters. The van der Waals surface area contributed by atoms with Gasteiger partial charge in [-0.05, 0) is 35.9 Å². The lowest BCUT2D eigenvalue weighted by Gasteiger charge is -2.14. The first-order chi connectivity index (χ1) is 16.3. The van der Waals surface area contributed by atoms with Crippen LogP contribution in [0.3, 0.4) is 0 Å². The van der Waals surface area contributed by atoms with Crippen molar-refractivity contribution in [3.8, 4) is 34.1 Å². The van der Waals surface area contributed by atoms with Crippen LogP contribution in [-0.2, 0) is 0 Å². The van der Waals surface area contributed by atoms with Crippen LogP contribution < -0.4 is 0 Å². The maximum Gasteiger partial charge on any atom is 0.0992 e. The van der Waals surface area contributed by atoms with E-state index in [0.29, 0.717) is 5.56 Å². The Kier molecular flexibility index (Phi) is 4.49. The second-order valence-corrected chi connectivity index (χ2v) is 8.01. The van der Waals surface area contributed by atoms with Crippen molar-refractivity contribution in [2.75, 3.05) is 0 Å². The van der Waals surface area contributed by atoms with Crippen molar-refractivity contribution in [2.45, 2.75) is 0 Å². The first-order valence-corrected chi connectivity index (χ1v) is 10.9. The second-order valence-electron chi connectivity index (χ2n) is 8.01. The topological polar surface area (TPSA) is 41.6 Å². The van der Waals surface area contributed by atoms with Gasteiger partial charge >= 0.3 is 0 Å².